The van der Waals surface area contributed by atoms with Crippen molar-refractivity contribution in [2.75, 3.05) is 13.1 Å². The van der Waals surface area contributed by atoms with Crippen LogP contribution in [0.1, 0.15) is 25.8 Å². The molecule has 2 rings (SSSR count). The van der Waals surface area contributed by atoms with E-state index in [0.717, 1.165) is 12.0 Å². The van der Waals surface area contributed by atoms with Crippen LogP contribution in [-0.4, -0.2) is 29.8 Å². The van der Waals surface area contributed by atoms with Gasteiger partial charge in [-0.25, -0.2) is 4.39 Å². The lowest BCUT2D eigenvalue weighted by atomic mass is 10.2. The molecule has 2 amide bonds. The average molecular weight is 292 g/mol. The van der Waals surface area contributed by atoms with Crippen molar-refractivity contribution in [3.8, 4) is 0 Å². The molecule has 1 fully saturated rings. The van der Waals surface area contributed by atoms with Crippen molar-refractivity contribution in [1.82, 2.24) is 10.2 Å². The van der Waals surface area contributed by atoms with Crippen molar-refractivity contribution < 1.29 is 14.0 Å². The second-order valence-electron chi connectivity index (χ2n) is 5.58. The number of likely N-dealkylation sites (N-methyl/N-ethyl adjacent to an activating group) is 1. The van der Waals surface area contributed by atoms with Gasteiger partial charge in [0.2, 0.25) is 11.8 Å². The van der Waals surface area contributed by atoms with E-state index in [2.05, 4.69) is 5.32 Å². The van der Waals surface area contributed by atoms with Crippen molar-refractivity contribution in [3.63, 3.8) is 0 Å². The number of hydrogen-bond donors (Lipinski definition) is 1. The van der Waals surface area contributed by atoms with Gasteiger partial charge in [0.15, 0.2) is 0 Å². The topological polar surface area (TPSA) is 49.4 Å². The fraction of sp³-hybridized carbons (Fsp3) is 0.500. The Morgan fingerprint density at radius 2 is 1.95 bits per heavy atom. The molecule has 1 aliphatic carbocycles. The molecule has 4 nitrogen and oxygen atoms in total. The molecule has 21 heavy (non-hydrogen) atoms. The van der Waals surface area contributed by atoms with Gasteiger partial charge in [0, 0.05) is 19.0 Å². The van der Waals surface area contributed by atoms with E-state index in [-0.39, 0.29) is 30.1 Å². The first-order valence-electron chi connectivity index (χ1n) is 7.31. The van der Waals surface area contributed by atoms with Crippen LogP contribution in [0.3, 0.4) is 0 Å². The second-order valence-corrected chi connectivity index (χ2v) is 5.58. The monoisotopic (exact) mass is 292 g/mol. The summed E-state index contributed by atoms with van der Waals surface area (Å²) < 4.78 is 12.8. The highest BCUT2D eigenvalue weighted by molar-refractivity contribution is 5.87. The number of nitrogens with one attached hydrogen (secondary N) is 1. The van der Waals surface area contributed by atoms with Crippen molar-refractivity contribution in [1.29, 1.82) is 0 Å². The normalized spacial score (nSPS) is 20.0. The molecule has 114 valence electrons. The summed E-state index contributed by atoms with van der Waals surface area (Å²) in [5, 5.41) is 2.75. The van der Waals surface area contributed by atoms with Crippen molar-refractivity contribution in [2.45, 2.75) is 26.8 Å². The molecule has 0 heterocycles. The first-order chi connectivity index (χ1) is 10.0. The molecule has 2 atom stereocenters. The first kappa shape index (κ1) is 15.5. The second kappa shape index (κ2) is 6.70. The number of benzene rings is 1. The van der Waals surface area contributed by atoms with Crippen LogP contribution in [-0.2, 0) is 16.1 Å². The van der Waals surface area contributed by atoms with E-state index < -0.39 is 0 Å². The summed E-state index contributed by atoms with van der Waals surface area (Å²) in [5.41, 5.74) is 0.829. The van der Waals surface area contributed by atoms with Gasteiger partial charge in [-0.05, 0) is 37.0 Å². The largest absolute Gasteiger partial charge is 0.350 e. The van der Waals surface area contributed by atoms with E-state index in [0.29, 0.717) is 19.0 Å². The summed E-state index contributed by atoms with van der Waals surface area (Å²) in [4.78, 5) is 25.6. The number of amides is 2. The minimum atomic E-state index is -0.300. The Morgan fingerprint density at radius 3 is 2.48 bits per heavy atom. The van der Waals surface area contributed by atoms with E-state index in [1.165, 1.54) is 12.1 Å². The van der Waals surface area contributed by atoms with Crippen molar-refractivity contribution >= 4 is 11.8 Å². The highest BCUT2D eigenvalue weighted by atomic mass is 19.1. The van der Waals surface area contributed by atoms with Crippen LogP contribution in [0.15, 0.2) is 24.3 Å². The molecule has 0 aliphatic heterocycles. The lowest BCUT2D eigenvalue weighted by Gasteiger charge is -2.20. The highest BCUT2D eigenvalue weighted by Gasteiger charge is 2.41. The van der Waals surface area contributed by atoms with E-state index in [1.54, 1.807) is 17.0 Å². The third kappa shape index (κ3) is 4.28. The quantitative estimate of drug-likeness (QED) is 0.871. The van der Waals surface area contributed by atoms with Crippen molar-refractivity contribution in [3.05, 3.63) is 35.6 Å². The molecule has 0 unspecified atom stereocenters. The summed E-state index contributed by atoms with van der Waals surface area (Å²) >= 11 is 0. The molecule has 0 radical (unpaired) electrons. The molecule has 0 saturated heterocycles. The Bertz CT molecular complexity index is 516. The molecule has 0 bridgehead atoms. The summed E-state index contributed by atoms with van der Waals surface area (Å²) in [6.45, 7) is 4.87. The lowest BCUT2D eigenvalue weighted by molar-refractivity contribution is -0.137. The van der Waals surface area contributed by atoms with Crippen LogP contribution < -0.4 is 5.32 Å². The number of carbonyl (C=O) groups is 2. The predicted molar refractivity (Wildman–Crippen MR) is 77.8 cm³/mol. The van der Waals surface area contributed by atoms with Crippen LogP contribution in [0.2, 0.25) is 0 Å². The van der Waals surface area contributed by atoms with Gasteiger partial charge in [-0.1, -0.05) is 19.1 Å². The Hall–Kier alpha value is -1.91. The van der Waals surface area contributed by atoms with Gasteiger partial charge in [-0.2, -0.15) is 0 Å². The Morgan fingerprint density at radius 1 is 1.33 bits per heavy atom. The number of carbonyl (C=O) groups excluding carboxylic acids is 2. The minimum absolute atomic E-state index is 0.0712. The Balaban J connectivity index is 1.80. The summed E-state index contributed by atoms with van der Waals surface area (Å²) in [5.74, 6) is 0.111. The average Bonchev–Trinajstić information content (AvgIpc) is 3.20. The van der Waals surface area contributed by atoms with Crippen LogP contribution in [0.5, 0.6) is 0 Å². The van der Waals surface area contributed by atoms with Gasteiger partial charge in [0.1, 0.15) is 5.82 Å². The van der Waals surface area contributed by atoms with Gasteiger partial charge in [0.25, 0.3) is 0 Å². The van der Waals surface area contributed by atoms with Crippen molar-refractivity contribution in [2.24, 2.45) is 11.8 Å². The standard InChI is InChI=1S/C16H21FN2O2/c1-3-19(16(21)14-8-11(14)2)10-15(20)18-9-12-4-6-13(17)7-5-12/h4-7,11,14H,3,8-10H2,1-2H3,(H,18,20)/t11-,14+/m1/s1. The Labute approximate surface area is 124 Å². The molecule has 1 aliphatic rings. The number of hydrogen-bond acceptors (Lipinski definition) is 2. The Kier molecular flexibility index (Phi) is 4.94. The van der Waals surface area contributed by atoms with E-state index in [4.69, 9.17) is 0 Å². The molecule has 1 aromatic rings. The molecule has 5 heteroatoms. The predicted octanol–water partition coefficient (Wildman–Crippen LogP) is 1.95. The molecule has 1 N–H and O–H groups in total. The fourth-order valence-corrected chi connectivity index (χ4v) is 2.28. The maximum Gasteiger partial charge on any atom is 0.239 e. The van der Waals surface area contributed by atoms with E-state index >= 15 is 0 Å². The van der Waals surface area contributed by atoms with Gasteiger partial charge >= 0.3 is 0 Å². The molecular formula is C16H21FN2O2. The molecular weight excluding hydrogens is 271 g/mol. The maximum absolute atomic E-state index is 12.8. The third-order valence-corrected chi connectivity index (χ3v) is 3.86. The summed E-state index contributed by atoms with van der Waals surface area (Å²) in [7, 11) is 0. The zero-order valence-electron chi connectivity index (χ0n) is 12.4. The first-order valence-corrected chi connectivity index (χ1v) is 7.31. The number of rotatable bonds is 6. The summed E-state index contributed by atoms with van der Waals surface area (Å²) in [6, 6.07) is 5.98. The van der Waals surface area contributed by atoms with E-state index in [9.17, 15) is 14.0 Å². The van der Waals surface area contributed by atoms with Crippen LogP contribution in [0, 0.1) is 17.7 Å². The zero-order valence-corrected chi connectivity index (χ0v) is 12.4. The van der Waals surface area contributed by atoms with Gasteiger partial charge in [-0.15, -0.1) is 0 Å². The molecule has 0 aromatic heterocycles. The van der Waals surface area contributed by atoms with Gasteiger partial charge in [0.05, 0.1) is 6.54 Å². The number of halogens is 1. The zero-order chi connectivity index (χ0) is 15.4. The van der Waals surface area contributed by atoms with Crippen LogP contribution >= 0.6 is 0 Å². The van der Waals surface area contributed by atoms with Gasteiger partial charge < -0.3 is 10.2 Å². The maximum atomic E-state index is 12.8. The third-order valence-electron chi connectivity index (χ3n) is 3.86. The van der Waals surface area contributed by atoms with Gasteiger partial charge in [-0.3, -0.25) is 9.59 Å². The SMILES string of the molecule is CCN(CC(=O)NCc1ccc(F)cc1)C(=O)[C@H]1C[C@H]1C. The molecule has 1 aromatic carbocycles. The van der Waals surface area contributed by atoms with Crippen LogP contribution in [0.25, 0.3) is 0 Å². The fourth-order valence-electron chi connectivity index (χ4n) is 2.28. The smallest absolute Gasteiger partial charge is 0.239 e. The lowest BCUT2D eigenvalue weighted by Crippen LogP contribution is -2.41. The van der Waals surface area contributed by atoms with E-state index in [1.807, 2.05) is 13.8 Å². The summed E-state index contributed by atoms with van der Waals surface area (Å²) in [6.07, 6.45) is 0.923. The highest BCUT2D eigenvalue weighted by Crippen LogP contribution is 2.39. The molecule has 1 saturated carbocycles. The minimum Gasteiger partial charge on any atom is -0.350 e. The number of nitrogens with zero attached hydrogens (tertiary/aromatic N) is 1. The van der Waals surface area contributed by atoms with Crippen LogP contribution in [0.4, 0.5) is 4.39 Å². The molecule has 0 spiro atoms.